The average molecular weight is 218 g/mol. The third kappa shape index (κ3) is 4.22. The molecule has 1 aliphatic carbocycles. The first kappa shape index (κ1) is 11.7. The Bertz CT molecular complexity index is 223. The number of carbonyl (C=O) groups excluding carboxylic acids is 1. The monoisotopic (exact) mass is 218 g/mol. The normalized spacial score (nSPS) is 20.1. The SMILES string of the molecule is COC(=O)CC(C)S(=O)CCC1CC1. The molecule has 0 radical (unpaired) electrons. The molecular formula is C10H18O3S. The zero-order valence-electron chi connectivity index (χ0n) is 8.82. The first-order valence-corrected chi connectivity index (χ1v) is 6.45. The van der Waals surface area contributed by atoms with Crippen LogP contribution in [0.15, 0.2) is 0 Å². The topological polar surface area (TPSA) is 43.4 Å². The summed E-state index contributed by atoms with van der Waals surface area (Å²) in [4.78, 5) is 10.9. The number of ether oxygens (including phenoxy) is 1. The lowest BCUT2D eigenvalue weighted by molar-refractivity contribution is -0.140. The van der Waals surface area contributed by atoms with Gasteiger partial charge in [-0.15, -0.1) is 0 Å². The van der Waals surface area contributed by atoms with E-state index in [2.05, 4.69) is 4.74 Å². The Kier molecular flexibility index (Phi) is 4.58. The molecule has 0 saturated heterocycles. The maximum absolute atomic E-state index is 11.6. The summed E-state index contributed by atoms with van der Waals surface area (Å²) in [5.41, 5.74) is 0. The Morgan fingerprint density at radius 3 is 2.71 bits per heavy atom. The van der Waals surface area contributed by atoms with Gasteiger partial charge in [-0.25, -0.2) is 0 Å². The van der Waals surface area contributed by atoms with Crippen molar-refractivity contribution < 1.29 is 13.7 Å². The van der Waals surface area contributed by atoms with E-state index in [-0.39, 0.29) is 17.6 Å². The molecule has 1 aliphatic rings. The number of hydrogen-bond donors (Lipinski definition) is 0. The molecule has 0 heterocycles. The predicted octanol–water partition coefficient (Wildman–Crippen LogP) is 1.49. The van der Waals surface area contributed by atoms with Gasteiger partial charge in [0.1, 0.15) is 0 Å². The standard InChI is InChI=1S/C10H18O3S/c1-8(7-10(11)13-2)14(12)6-5-9-3-4-9/h8-9H,3-7H2,1-2H3. The number of rotatable bonds is 6. The van der Waals surface area contributed by atoms with Crippen molar-refractivity contribution in [3.63, 3.8) is 0 Å². The molecule has 0 aromatic carbocycles. The fraction of sp³-hybridized carbons (Fsp3) is 0.900. The highest BCUT2D eigenvalue weighted by Crippen LogP contribution is 2.32. The van der Waals surface area contributed by atoms with E-state index in [1.807, 2.05) is 6.92 Å². The second-order valence-electron chi connectivity index (χ2n) is 3.91. The van der Waals surface area contributed by atoms with Crippen LogP contribution in [0.1, 0.15) is 32.6 Å². The molecule has 0 aliphatic heterocycles. The molecule has 0 aromatic rings. The van der Waals surface area contributed by atoms with Crippen LogP contribution in [0.5, 0.6) is 0 Å². The van der Waals surface area contributed by atoms with Crippen LogP contribution in [0.4, 0.5) is 0 Å². The van der Waals surface area contributed by atoms with Crippen LogP contribution in [-0.4, -0.2) is 28.3 Å². The minimum atomic E-state index is -0.868. The lowest BCUT2D eigenvalue weighted by Gasteiger charge is -2.09. The van der Waals surface area contributed by atoms with Gasteiger partial charge in [-0.1, -0.05) is 19.8 Å². The van der Waals surface area contributed by atoms with Gasteiger partial charge >= 0.3 is 5.97 Å². The minimum Gasteiger partial charge on any atom is -0.469 e. The number of methoxy groups -OCH3 is 1. The molecule has 1 rings (SSSR count). The first-order valence-electron chi connectivity index (χ1n) is 5.07. The molecule has 0 amide bonds. The highest BCUT2D eigenvalue weighted by Gasteiger charge is 2.23. The molecule has 2 unspecified atom stereocenters. The second kappa shape index (κ2) is 5.49. The Balaban J connectivity index is 2.17. The number of esters is 1. The Morgan fingerprint density at radius 2 is 2.21 bits per heavy atom. The van der Waals surface area contributed by atoms with E-state index in [4.69, 9.17) is 0 Å². The maximum Gasteiger partial charge on any atom is 0.306 e. The van der Waals surface area contributed by atoms with Crippen LogP contribution >= 0.6 is 0 Å². The van der Waals surface area contributed by atoms with Gasteiger partial charge in [-0.2, -0.15) is 0 Å². The maximum atomic E-state index is 11.6. The molecule has 0 aromatic heterocycles. The summed E-state index contributed by atoms with van der Waals surface area (Å²) in [5, 5.41) is -0.0683. The van der Waals surface area contributed by atoms with Crippen LogP contribution in [0, 0.1) is 5.92 Å². The molecule has 0 spiro atoms. The molecule has 0 bridgehead atoms. The zero-order chi connectivity index (χ0) is 10.6. The third-order valence-electron chi connectivity index (χ3n) is 2.55. The summed E-state index contributed by atoms with van der Waals surface area (Å²) in [5.74, 6) is 1.28. The summed E-state index contributed by atoms with van der Waals surface area (Å²) in [6.07, 6.45) is 3.91. The zero-order valence-corrected chi connectivity index (χ0v) is 9.64. The van der Waals surface area contributed by atoms with Crippen molar-refractivity contribution in [1.82, 2.24) is 0 Å². The fourth-order valence-electron chi connectivity index (χ4n) is 1.30. The summed E-state index contributed by atoms with van der Waals surface area (Å²) in [6, 6.07) is 0. The van der Waals surface area contributed by atoms with Gasteiger partial charge in [0, 0.05) is 21.8 Å². The van der Waals surface area contributed by atoms with Crippen molar-refractivity contribution in [1.29, 1.82) is 0 Å². The molecule has 82 valence electrons. The van der Waals surface area contributed by atoms with Gasteiger partial charge in [-0.05, 0) is 12.3 Å². The van der Waals surface area contributed by atoms with Crippen molar-refractivity contribution in [2.24, 2.45) is 5.92 Å². The van der Waals surface area contributed by atoms with E-state index in [1.165, 1.54) is 20.0 Å². The Morgan fingerprint density at radius 1 is 1.57 bits per heavy atom. The molecule has 1 saturated carbocycles. The first-order chi connectivity index (χ1) is 6.63. The highest BCUT2D eigenvalue weighted by atomic mass is 32.2. The van der Waals surface area contributed by atoms with Gasteiger partial charge in [0.25, 0.3) is 0 Å². The van der Waals surface area contributed by atoms with E-state index in [0.29, 0.717) is 0 Å². The van der Waals surface area contributed by atoms with E-state index >= 15 is 0 Å². The van der Waals surface area contributed by atoms with Gasteiger partial charge < -0.3 is 4.74 Å². The van der Waals surface area contributed by atoms with E-state index in [1.54, 1.807) is 0 Å². The van der Waals surface area contributed by atoms with E-state index < -0.39 is 10.8 Å². The smallest absolute Gasteiger partial charge is 0.306 e. The van der Waals surface area contributed by atoms with Crippen LogP contribution in [0.25, 0.3) is 0 Å². The van der Waals surface area contributed by atoms with Crippen molar-refractivity contribution >= 4 is 16.8 Å². The predicted molar refractivity (Wildman–Crippen MR) is 56.4 cm³/mol. The molecule has 1 fully saturated rings. The van der Waals surface area contributed by atoms with Gasteiger partial charge in [0.2, 0.25) is 0 Å². The Hall–Kier alpha value is -0.380. The van der Waals surface area contributed by atoms with Gasteiger partial charge in [-0.3, -0.25) is 9.00 Å². The fourth-order valence-corrected chi connectivity index (χ4v) is 2.59. The molecular weight excluding hydrogens is 200 g/mol. The van der Waals surface area contributed by atoms with E-state index in [0.717, 1.165) is 18.1 Å². The second-order valence-corrected chi connectivity index (χ2v) is 5.88. The van der Waals surface area contributed by atoms with Gasteiger partial charge in [0.15, 0.2) is 0 Å². The highest BCUT2D eigenvalue weighted by molar-refractivity contribution is 7.85. The van der Waals surface area contributed by atoms with E-state index in [9.17, 15) is 9.00 Å². The molecule has 14 heavy (non-hydrogen) atoms. The molecule has 4 heteroatoms. The molecule has 2 atom stereocenters. The van der Waals surface area contributed by atoms with Crippen LogP contribution in [-0.2, 0) is 20.3 Å². The van der Waals surface area contributed by atoms with Crippen molar-refractivity contribution in [3.8, 4) is 0 Å². The number of carbonyl (C=O) groups is 1. The summed E-state index contributed by atoms with van der Waals surface area (Å²) in [7, 11) is 0.495. The average Bonchev–Trinajstić information content (AvgIpc) is 2.97. The molecule has 0 N–H and O–H groups in total. The summed E-state index contributed by atoms with van der Waals surface area (Å²) in [6.45, 7) is 1.85. The number of hydrogen-bond acceptors (Lipinski definition) is 3. The Labute approximate surface area is 87.7 Å². The lowest BCUT2D eigenvalue weighted by atomic mass is 10.3. The minimum absolute atomic E-state index is 0.0683. The van der Waals surface area contributed by atoms with Crippen molar-refractivity contribution in [2.75, 3.05) is 12.9 Å². The van der Waals surface area contributed by atoms with Crippen LogP contribution in [0.2, 0.25) is 0 Å². The van der Waals surface area contributed by atoms with Crippen LogP contribution < -0.4 is 0 Å². The lowest BCUT2D eigenvalue weighted by Crippen LogP contribution is -2.19. The van der Waals surface area contributed by atoms with Crippen LogP contribution in [0.3, 0.4) is 0 Å². The summed E-state index contributed by atoms with van der Waals surface area (Å²) >= 11 is 0. The van der Waals surface area contributed by atoms with Gasteiger partial charge in [0.05, 0.1) is 13.5 Å². The quantitative estimate of drug-likeness (QED) is 0.634. The third-order valence-corrected chi connectivity index (χ3v) is 4.26. The largest absolute Gasteiger partial charge is 0.469 e. The van der Waals surface area contributed by atoms with Crippen molar-refractivity contribution in [3.05, 3.63) is 0 Å². The summed E-state index contributed by atoms with van der Waals surface area (Å²) < 4.78 is 16.2. The molecule has 3 nitrogen and oxygen atoms in total. The van der Waals surface area contributed by atoms with Crippen molar-refractivity contribution in [2.45, 2.75) is 37.9 Å².